The fraction of sp³-hybridized carbons (Fsp3) is 0.250. The minimum atomic E-state index is -1.37. The van der Waals surface area contributed by atoms with Crippen molar-refractivity contribution in [1.82, 2.24) is 5.32 Å². The molecule has 0 aromatic rings. The van der Waals surface area contributed by atoms with Gasteiger partial charge in [0, 0.05) is 24.1 Å². The van der Waals surface area contributed by atoms with Crippen LogP contribution in [-0.2, 0) is 19.2 Å². The molecule has 2 amide bonds. The van der Waals surface area contributed by atoms with Gasteiger partial charge in [-0.15, -0.1) is 0 Å². The second kappa shape index (κ2) is 6.30. The van der Waals surface area contributed by atoms with Gasteiger partial charge >= 0.3 is 0 Å². The Labute approximate surface area is 84.4 Å². The lowest BCUT2D eigenvalue weighted by Crippen LogP contribution is -2.27. The number of hydrogen-bond acceptors (Lipinski definition) is 6. The molecule has 15 heavy (non-hydrogen) atoms. The van der Waals surface area contributed by atoms with Crippen molar-refractivity contribution in [2.75, 3.05) is 0 Å². The highest BCUT2D eigenvalue weighted by Gasteiger charge is 2.06. The topological polar surface area (TPSA) is 126 Å². The van der Waals surface area contributed by atoms with Crippen LogP contribution in [0.4, 0.5) is 0 Å². The van der Waals surface area contributed by atoms with E-state index in [1.54, 1.807) is 0 Å². The number of carboxylic acid groups (broad SMARTS) is 2. The number of rotatable bonds is 3. The number of imide groups is 1. The molecule has 82 valence electrons. The molecule has 1 aliphatic rings. The van der Waals surface area contributed by atoms with Crippen molar-refractivity contribution in [2.45, 2.75) is 12.8 Å². The Morgan fingerprint density at radius 3 is 1.47 bits per heavy atom. The van der Waals surface area contributed by atoms with Gasteiger partial charge in [-0.2, -0.15) is 0 Å². The molecule has 7 nitrogen and oxygen atoms in total. The quantitative estimate of drug-likeness (QED) is 0.484. The van der Waals surface area contributed by atoms with Gasteiger partial charge in [0.25, 0.3) is 11.8 Å². The Balaban J connectivity index is 0.000000262. The molecule has 1 N–H and O–H groups in total. The third kappa shape index (κ3) is 8.16. The molecule has 0 aliphatic carbocycles. The first kappa shape index (κ1) is 12.8. The normalized spacial score (nSPS) is 12.8. The van der Waals surface area contributed by atoms with E-state index in [1.165, 1.54) is 12.2 Å². The van der Waals surface area contributed by atoms with Gasteiger partial charge in [-0.1, -0.05) is 0 Å². The molecule has 0 aromatic heterocycles. The summed E-state index contributed by atoms with van der Waals surface area (Å²) >= 11 is 0. The van der Waals surface area contributed by atoms with Gasteiger partial charge in [-0.25, -0.2) is 0 Å². The zero-order valence-electron chi connectivity index (χ0n) is 7.52. The Kier molecular flexibility index (Phi) is 5.38. The zero-order valence-corrected chi connectivity index (χ0v) is 7.52. The highest BCUT2D eigenvalue weighted by molar-refractivity contribution is 6.12. The van der Waals surface area contributed by atoms with Gasteiger partial charge < -0.3 is 19.8 Å². The Morgan fingerprint density at radius 1 is 1.00 bits per heavy atom. The predicted octanol–water partition coefficient (Wildman–Crippen LogP) is -3.53. The van der Waals surface area contributed by atoms with E-state index >= 15 is 0 Å². The Morgan fingerprint density at radius 2 is 1.33 bits per heavy atom. The molecule has 0 bridgehead atoms. The van der Waals surface area contributed by atoms with E-state index in [1.807, 2.05) is 5.32 Å². The second-order valence-electron chi connectivity index (χ2n) is 2.43. The molecule has 1 heterocycles. The summed E-state index contributed by atoms with van der Waals surface area (Å²) < 4.78 is 0. The fourth-order valence-corrected chi connectivity index (χ4v) is 0.560. The van der Waals surface area contributed by atoms with Crippen molar-refractivity contribution >= 4 is 23.8 Å². The van der Waals surface area contributed by atoms with Gasteiger partial charge in [-0.3, -0.25) is 14.9 Å². The number of carbonyl (C=O) groups is 4. The maximum Gasteiger partial charge on any atom is 0.250 e. The molecular weight excluding hydrogens is 206 g/mol. The van der Waals surface area contributed by atoms with Crippen molar-refractivity contribution in [2.24, 2.45) is 0 Å². The lowest BCUT2D eigenvalue weighted by atomic mass is 10.3. The first-order valence-electron chi connectivity index (χ1n) is 3.84. The number of carbonyl (C=O) groups excluding carboxylic acids is 4. The van der Waals surface area contributed by atoms with E-state index in [0.717, 1.165) is 0 Å². The van der Waals surface area contributed by atoms with Crippen LogP contribution >= 0.6 is 0 Å². The van der Waals surface area contributed by atoms with E-state index < -0.39 is 24.8 Å². The molecule has 0 unspecified atom stereocenters. The summed E-state index contributed by atoms with van der Waals surface area (Å²) in [6, 6.07) is 0. The predicted molar refractivity (Wildman–Crippen MR) is 41.5 cm³/mol. The molecule has 0 saturated heterocycles. The van der Waals surface area contributed by atoms with Crippen LogP contribution in [0.1, 0.15) is 12.8 Å². The maximum atomic E-state index is 10.0. The molecule has 0 atom stereocenters. The molecule has 1 rings (SSSR count). The molecule has 1 aliphatic heterocycles. The van der Waals surface area contributed by atoms with Gasteiger partial charge in [-0.05, 0) is 12.8 Å². The lowest BCUT2D eigenvalue weighted by Gasteiger charge is -2.00. The molecule has 0 radical (unpaired) electrons. The number of carboxylic acids is 2. The second-order valence-corrected chi connectivity index (χ2v) is 2.43. The van der Waals surface area contributed by atoms with Crippen LogP contribution in [0.15, 0.2) is 12.2 Å². The zero-order chi connectivity index (χ0) is 11.8. The molecule has 0 aromatic carbocycles. The Hall–Kier alpha value is -2.18. The van der Waals surface area contributed by atoms with Crippen molar-refractivity contribution in [3.8, 4) is 0 Å². The molecule has 0 fully saturated rings. The first-order valence-corrected chi connectivity index (χ1v) is 3.84. The van der Waals surface area contributed by atoms with Crippen LogP contribution in [0.2, 0.25) is 0 Å². The van der Waals surface area contributed by atoms with Crippen LogP contribution in [0.25, 0.3) is 0 Å². The van der Waals surface area contributed by atoms with Crippen LogP contribution in [0.3, 0.4) is 0 Å². The monoisotopic (exact) mass is 213 g/mol. The summed E-state index contributed by atoms with van der Waals surface area (Å²) in [6.07, 6.45) is 1.45. The van der Waals surface area contributed by atoms with Gasteiger partial charge in [0.15, 0.2) is 0 Å². The third-order valence-electron chi connectivity index (χ3n) is 1.17. The standard InChI is InChI=1S/C4H3NO2.C4H6O4/c6-3-1-2-4(7)5-3;5-3(6)1-2-4(7)8/h1-2H,(H,5,6,7);1-2H2,(H,5,6)(H,7,8)/p-2. The van der Waals surface area contributed by atoms with E-state index in [0.29, 0.717) is 0 Å². The average molecular weight is 213 g/mol. The maximum absolute atomic E-state index is 10.0. The molecular formula is C8H7NO6-2. The first-order chi connectivity index (χ1) is 6.91. The summed E-state index contributed by atoms with van der Waals surface area (Å²) in [5, 5.41) is 21.0. The summed E-state index contributed by atoms with van der Waals surface area (Å²) in [5.41, 5.74) is 0. The van der Waals surface area contributed by atoms with Crippen LogP contribution in [0, 0.1) is 0 Å². The minimum absolute atomic E-state index is 0.329. The number of amides is 2. The van der Waals surface area contributed by atoms with Crippen LogP contribution < -0.4 is 15.5 Å². The summed E-state index contributed by atoms with van der Waals surface area (Å²) in [6.45, 7) is 0. The molecule has 0 saturated carbocycles. The van der Waals surface area contributed by atoms with Gasteiger partial charge in [0.1, 0.15) is 0 Å². The fourth-order valence-electron chi connectivity index (χ4n) is 0.560. The van der Waals surface area contributed by atoms with Crippen LogP contribution in [-0.4, -0.2) is 23.8 Å². The SMILES string of the molecule is O=C([O-])CCC(=O)[O-].O=C1C=CC(=O)N1. The molecule has 0 spiro atoms. The highest BCUT2D eigenvalue weighted by Crippen LogP contribution is 1.82. The van der Waals surface area contributed by atoms with E-state index in [2.05, 4.69) is 0 Å². The smallest absolute Gasteiger partial charge is 0.250 e. The van der Waals surface area contributed by atoms with Crippen LogP contribution in [0.5, 0.6) is 0 Å². The number of aliphatic carboxylic acids is 2. The van der Waals surface area contributed by atoms with Crippen molar-refractivity contribution in [1.29, 1.82) is 0 Å². The number of hydrogen-bond donors (Lipinski definition) is 1. The number of nitrogens with one attached hydrogen (secondary N) is 1. The molecule has 7 heteroatoms. The highest BCUT2D eigenvalue weighted by atomic mass is 16.4. The summed E-state index contributed by atoms with van der Waals surface area (Å²) in [4.78, 5) is 39.1. The van der Waals surface area contributed by atoms with Crippen molar-refractivity contribution in [3.63, 3.8) is 0 Å². The van der Waals surface area contributed by atoms with Crippen molar-refractivity contribution < 1.29 is 29.4 Å². The average Bonchev–Trinajstić information content (AvgIpc) is 2.47. The van der Waals surface area contributed by atoms with Crippen molar-refractivity contribution in [3.05, 3.63) is 12.2 Å². The summed E-state index contributed by atoms with van der Waals surface area (Å²) in [7, 11) is 0. The van der Waals surface area contributed by atoms with E-state index in [-0.39, 0.29) is 11.8 Å². The lowest BCUT2D eigenvalue weighted by molar-refractivity contribution is -0.315. The Bertz CT molecular complexity index is 289. The van der Waals surface area contributed by atoms with Gasteiger partial charge in [0.2, 0.25) is 0 Å². The van der Waals surface area contributed by atoms with E-state index in [4.69, 9.17) is 0 Å². The largest absolute Gasteiger partial charge is 0.550 e. The summed E-state index contributed by atoms with van der Waals surface area (Å²) in [5.74, 6) is -3.39. The van der Waals surface area contributed by atoms with E-state index in [9.17, 15) is 29.4 Å². The third-order valence-corrected chi connectivity index (χ3v) is 1.17. The van der Waals surface area contributed by atoms with Gasteiger partial charge in [0.05, 0.1) is 0 Å². The minimum Gasteiger partial charge on any atom is -0.550 e.